The summed E-state index contributed by atoms with van der Waals surface area (Å²) in [5, 5.41) is 1.89. The summed E-state index contributed by atoms with van der Waals surface area (Å²) in [4.78, 5) is 16.7. The van der Waals surface area contributed by atoms with Gasteiger partial charge in [0.1, 0.15) is 5.75 Å². The fourth-order valence-corrected chi connectivity index (χ4v) is 2.68. The number of hydrogen-bond acceptors (Lipinski definition) is 4. The van der Waals surface area contributed by atoms with Crippen LogP contribution in [0.1, 0.15) is 15.9 Å². The number of Topliss-reactive ketones (excluding diaryl/α,β-unsaturated/α-hetero) is 1. The second-order valence-corrected chi connectivity index (χ2v) is 6.10. The number of ketones is 1. The maximum atomic E-state index is 12.2. The molecular weight excluding hydrogens is 347 g/mol. The summed E-state index contributed by atoms with van der Waals surface area (Å²) >= 11 is 12.1. The molecule has 1 aromatic heterocycles. The predicted octanol–water partition coefficient (Wildman–Crippen LogP) is 4.78. The molecule has 24 heavy (non-hydrogen) atoms. The molecule has 0 spiro atoms. The summed E-state index contributed by atoms with van der Waals surface area (Å²) in [6.07, 6.45) is 0. The monoisotopic (exact) mass is 360 g/mol. The van der Waals surface area contributed by atoms with E-state index >= 15 is 0 Å². The second-order valence-electron chi connectivity index (χ2n) is 5.26. The van der Waals surface area contributed by atoms with Crippen molar-refractivity contribution in [2.75, 3.05) is 6.54 Å². The van der Waals surface area contributed by atoms with Crippen molar-refractivity contribution in [3.8, 4) is 11.6 Å². The Morgan fingerprint density at radius 3 is 2.54 bits per heavy atom. The predicted molar refractivity (Wildman–Crippen MR) is 96.4 cm³/mol. The Balaban J connectivity index is 2.16. The fraction of sp³-hybridized carbons (Fsp3) is 0.111. The Hall–Kier alpha value is -2.14. The number of benzene rings is 2. The SMILES string of the molecule is Cc1c(Cl)ccc2c(C(=O)CN)cc(Oc3ccc(Cl)cc3)nc12. The van der Waals surface area contributed by atoms with Gasteiger partial charge in [-0.05, 0) is 42.8 Å². The first-order chi connectivity index (χ1) is 11.5. The number of halogens is 2. The Bertz CT molecular complexity index is 924. The first kappa shape index (κ1) is 16.7. The number of aromatic nitrogens is 1. The molecule has 0 unspecified atom stereocenters. The summed E-state index contributed by atoms with van der Waals surface area (Å²) in [7, 11) is 0. The number of fused-ring (bicyclic) bond motifs is 1. The van der Waals surface area contributed by atoms with Gasteiger partial charge in [0.15, 0.2) is 5.78 Å². The summed E-state index contributed by atoms with van der Waals surface area (Å²) in [5.74, 6) is 0.675. The molecule has 122 valence electrons. The van der Waals surface area contributed by atoms with Crippen molar-refractivity contribution < 1.29 is 9.53 Å². The van der Waals surface area contributed by atoms with Crippen molar-refractivity contribution in [2.24, 2.45) is 5.73 Å². The second kappa shape index (κ2) is 6.77. The molecule has 0 amide bonds. The maximum absolute atomic E-state index is 12.2. The number of aryl methyl sites for hydroxylation is 1. The van der Waals surface area contributed by atoms with Gasteiger partial charge in [0.25, 0.3) is 0 Å². The molecule has 4 nitrogen and oxygen atoms in total. The van der Waals surface area contributed by atoms with Crippen LogP contribution in [0.25, 0.3) is 10.9 Å². The number of hydrogen-bond donors (Lipinski definition) is 1. The van der Waals surface area contributed by atoms with E-state index in [4.69, 9.17) is 33.7 Å². The van der Waals surface area contributed by atoms with Crippen LogP contribution in [0.3, 0.4) is 0 Å². The molecule has 0 radical (unpaired) electrons. The third-order valence-corrected chi connectivity index (χ3v) is 4.33. The molecule has 2 N–H and O–H groups in total. The van der Waals surface area contributed by atoms with Gasteiger partial charge in [-0.25, -0.2) is 4.98 Å². The molecule has 6 heteroatoms. The first-order valence-electron chi connectivity index (χ1n) is 7.26. The third kappa shape index (κ3) is 3.22. The minimum atomic E-state index is -0.190. The van der Waals surface area contributed by atoms with Gasteiger partial charge < -0.3 is 10.5 Å². The number of pyridine rings is 1. The van der Waals surface area contributed by atoms with Gasteiger partial charge in [-0.2, -0.15) is 0 Å². The standard InChI is InChI=1S/C18H14Cl2N2O2/c1-10-15(20)7-6-13-14(16(23)9-21)8-17(22-18(10)13)24-12-4-2-11(19)3-5-12/h2-8H,9,21H2,1H3. The number of nitrogens with two attached hydrogens (primary N) is 1. The van der Waals surface area contributed by atoms with Gasteiger partial charge in [-0.15, -0.1) is 0 Å². The molecule has 0 saturated heterocycles. The van der Waals surface area contributed by atoms with E-state index in [0.717, 1.165) is 5.56 Å². The average Bonchev–Trinajstić information content (AvgIpc) is 2.59. The largest absolute Gasteiger partial charge is 0.439 e. The van der Waals surface area contributed by atoms with Crippen molar-refractivity contribution in [3.63, 3.8) is 0 Å². The van der Waals surface area contributed by atoms with Gasteiger partial charge >= 0.3 is 0 Å². The van der Waals surface area contributed by atoms with Crippen LogP contribution in [0.15, 0.2) is 42.5 Å². The summed E-state index contributed by atoms with van der Waals surface area (Å²) < 4.78 is 5.77. The Morgan fingerprint density at radius 2 is 1.88 bits per heavy atom. The van der Waals surface area contributed by atoms with E-state index in [-0.39, 0.29) is 12.3 Å². The number of carbonyl (C=O) groups excluding carboxylic acids is 1. The van der Waals surface area contributed by atoms with Crippen molar-refractivity contribution in [1.29, 1.82) is 0 Å². The van der Waals surface area contributed by atoms with E-state index in [9.17, 15) is 4.79 Å². The maximum Gasteiger partial charge on any atom is 0.220 e. The minimum Gasteiger partial charge on any atom is -0.439 e. The molecule has 0 atom stereocenters. The van der Waals surface area contributed by atoms with Gasteiger partial charge in [-0.1, -0.05) is 29.3 Å². The Kier molecular flexibility index (Phi) is 4.71. The highest BCUT2D eigenvalue weighted by molar-refractivity contribution is 6.32. The third-order valence-electron chi connectivity index (χ3n) is 3.67. The molecule has 3 rings (SSSR count). The van der Waals surface area contributed by atoms with E-state index in [1.807, 2.05) is 6.92 Å². The number of rotatable bonds is 4. The topological polar surface area (TPSA) is 65.2 Å². The van der Waals surface area contributed by atoms with Crippen molar-refractivity contribution in [3.05, 3.63) is 63.6 Å². The lowest BCUT2D eigenvalue weighted by Gasteiger charge is -2.12. The molecule has 0 bridgehead atoms. The van der Waals surface area contributed by atoms with Crippen LogP contribution in [-0.4, -0.2) is 17.3 Å². The minimum absolute atomic E-state index is 0.0961. The smallest absolute Gasteiger partial charge is 0.220 e. The average molecular weight is 361 g/mol. The lowest BCUT2D eigenvalue weighted by molar-refractivity contribution is 0.100. The van der Waals surface area contributed by atoms with Gasteiger partial charge in [0.05, 0.1) is 12.1 Å². The fourth-order valence-electron chi connectivity index (χ4n) is 2.40. The molecule has 3 aromatic rings. The first-order valence-corrected chi connectivity index (χ1v) is 8.01. The van der Waals surface area contributed by atoms with Crippen LogP contribution in [0.2, 0.25) is 10.0 Å². The lowest BCUT2D eigenvalue weighted by Crippen LogP contribution is -2.14. The molecule has 0 aliphatic rings. The molecule has 0 aliphatic carbocycles. The zero-order chi connectivity index (χ0) is 17.3. The molecule has 1 heterocycles. The lowest BCUT2D eigenvalue weighted by atomic mass is 10.0. The van der Waals surface area contributed by atoms with E-state index in [0.29, 0.717) is 38.1 Å². The van der Waals surface area contributed by atoms with E-state index in [1.165, 1.54) is 0 Å². The zero-order valence-corrected chi connectivity index (χ0v) is 14.4. The Morgan fingerprint density at radius 1 is 1.17 bits per heavy atom. The summed E-state index contributed by atoms with van der Waals surface area (Å²) in [5.41, 5.74) is 7.39. The van der Waals surface area contributed by atoms with Crippen LogP contribution in [0.5, 0.6) is 11.6 Å². The van der Waals surface area contributed by atoms with Crippen molar-refractivity contribution >= 4 is 39.9 Å². The molecule has 2 aromatic carbocycles. The van der Waals surface area contributed by atoms with Gasteiger partial charge in [-0.3, -0.25) is 4.79 Å². The highest BCUT2D eigenvalue weighted by Crippen LogP contribution is 2.31. The summed E-state index contributed by atoms with van der Waals surface area (Å²) in [6.45, 7) is 1.75. The number of carbonyl (C=O) groups is 1. The summed E-state index contributed by atoms with van der Waals surface area (Å²) in [6, 6.07) is 12.0. The molecule has 0 saturated carbocycles. The Labute approximate surface area is 149 Å². The number of ether oxygens (including phenoxy) is 1. The molecule has 0 aliphatic heterocycles. The van der Waals surface area contributed by atoms with Crippen molar-refractivity contribution in [1.82, 2.24) is 4.98 Å². The van der Waals surface area contributed by atoms with Crippen LogP contribution in [-0.2, 0) is 0 Å². The zero-order valence-electron chi connectivity index (χ0n) is 12.8. The van der Waals surface area contributed by atoms with Gasteiger partial charge in [0, 0.05) is 27.1 Å². The van der Waals surface area contributed by atoms with Crippen LogP contribution >= 0.6 is 23.2 Å². The van der Waals surface area contributed by atoms with Gasteiger partial charge in [0.2, 0.25) is 5.88 Å². The van der Waals surface area contributed by atoms with Crippen LogP contribution in [0, 0.1) is 6.92 Å². The molecule has 0 fully saturated rings. The van der Waals surface area contributed by atoms with Crippen LogP contribution in [0.4, 0.5) is 0 Å². The quantitative estimate of drug-likeness (QED) is 0.679. The number of nitrogens with zero attached hydrogens (tertiary/aromatic N) is 1. The highest BCUT2D eigenvalue weighted by atomic mass is 35.5. The van der Waals surface area contributed by atoms with Crippen LogP contribution < -0.4 is 10.5 Å². The molecular formula is C18H14Cl2N2O2. The van der Waals surface area contributed by atoms with E-state index in [1.54, 1.807) is 42.5 Å². The van der Waals surface area contributed by atoms with Crippen molar-refractivity contribution in [2.45, 2.75) is 6.92 Å². The van der Waals surface area contributed by atoms with E-state index in [2.05, 4.69) is 4.98 Å². The van der Waals surface area contributed by atoms with E-state index < -0.39 is 0 Å². The normalized spacial score (nSPS) is 10.8. The highest BCUT2D eigenvalue weighted by Gasteiger charge is 2.15.